The molecule has 0 unspecified atom stereocenters. The highest BCUT2D eigenvalue weighted by Crippen LogP contribution is 2.59. The predicted octanol–water partition coefficient (Wildman–Crippen LogP) is 4.77. The number of hydrogen-bond acceptors (Lipinski definition) is 1. The van der Waals surface area contributed by atoms with Gasteiger partial charge in [0.2, 0.25) is 5.60 Å². The van der Waals surface area contributed by atoms with E-state index in [9.17, 15) is 13.2 Å². The molecule has 1 nitrogen and oxygen atoms in total. The molecule has 1 heterocycles. The van der Waals surface area contributed by atoms with Gasteiger partial charge in [-0.2, -0.15) is 13.2 Å². The third-order valence-electron chi connectivity index (χ3n) is 3.51. The van der Waals surface area contributed by atoms with E-state index >= 15 is 0 Å². The Labute approximate surface area is 120 Å². The molecule has 4 heteroatoms. The first kappa shape index (κ1) is 13.9. The quantitative estimate of drug-likeness (QED) is 0.742. The topological polar surface area (TPSA) is 12.5 Å². The fourth-order valence-electron chi connectivity index (χ4n) is 2.33. The van der Waals surface area contributed by atoms with Crippen molar-refractivity contribution in [3.05, 3.63) is 77.9 Å². The molecule has 0 spiro atoms. The summed E-state index contributed by atoms with van der Waals surface area (Å²) < 4.78 is 45.1. The van der Waals surface area contributed by atoms with E-state index in [0.717, 1.165) is 6.08 Å². The number of halogens is 3. The molecule has 0 aliphatic carbocycles. The van der Waals surface area contributed by atoms with Gasteiger partial charge in [-0.25, -0.2) is 0 Å². The van der Waals surface area contributed by atoms with Crippen LogP contribution in [0.2, 0.25) is 0 Å². The van der Waals surface area contributed by atoms with E-state index in [2.05, 4.69) is 0 Å². The summed E-state index contributed by atoms with van der Waals surface area (Å²) in [5, 5.41) is 0. The van der Waals surface area contributed by atoms with Gasteiger partial charge in [-0.05, 0) is 17.2 Å². The second kappa shape index (κ2) is 5.04. The highest BCUT2D eigenvalue weighted by Gasteiger charge is 2.72. The number of hydrogen-bond donors (Lipinski definition) is 0. The van der Waals surface area contributed by atoms with Crippen LogP contribution in [0.1, 0.15) is 17.2 Å². The zero-order chi connectivity index (χ0) is 14.9. The Hall–Kier alpha value is -2.07. The standard InChI is InChI=1S/C17H13F3O/c18-17(19,20)16(12-11-13-7-3-1-4-8-13)15(21-16)14-9-5-2-6-10-14/h1-12,15H/b12-11+/t15-,16+/m0/s1. The average Bonchev–Trinajstić information content (AvgIpc) is 3.23. The Morgan fingerprint density at radius 1 is 0.905 bits per heavy atom. The molecule has 0 saturated carbocycles. The van der Waals surface area contributed by atoms with Gasteiger partial charge >= 0.3 is 6.18 Å². The van der Waals surface area contributed by atoms with Crippen molar-refractivity contribution in [1.29, 1.82) is 0 Å². The fraction of sp³-hybridized carbons (Fsp3) is 0.176. The van der Waals surface area contributed by atoms with Crippen molar-refractivity contribution in [3.63, 3.8) is 0 Å². The molecule has 0 amide bonds. The SMILES string of the molecule is FC(F)(F)[C@]1(/C=C/c2ccccc2)O[C@H]1c1ccccc1. The van der Waals surface area contributed by atoms with Gasteiger partial charge in [-0.15, -0.1) is 0 Å². The van der Waals surface area contributed by atoms with E-state index in [1.807, 2.05) is 6.07 Å². The average molecular weight is 290 g/mol. The monoisotopic (exact) mass is 290 g/mol. The zero-order valence-corrected chi connectivity index (χ0v) is 11.0. The van der Waals surface area contributed by atoms with Gasteiger partial charge in [0.25, 0.3) is 0 Å². The molecule has 0 N–H and O–H groups in total. The van der Waals surface area contributed by atoms with Crippen molar-refractivity contribution in [2.24, 2.45) is 0 Å². The van der Waals surface area contributed by atoms with Crippen molar-refractivity contribution in [1.82, 2.24) is 0 Å². The molecular weight excluding hydrogens is 277 g/mol. The van der Waals surface area contributed by atoms with E-state index in [4.69, 9.17) is 4.74 Å². The van der Waals surface area contributed by atoms with Gasteiger partial charge in [-0.1, -0.05) is 66.7 Å². The number of benzene rings is 2. The van der Waals surface area contributed by atoms with Crippen molar-refractivity contribution in [2.75, 3.05) is 0 Å². The maximum absolute atomic E-state index is 13.4. The first-order valence-electron chi connectivity index (χ1n) is 6.57. The molecule has 3 rings (SSSR count). The lowest BCUT2D eigenvalue weighted by Gasteiger charge is -2.13. The van der Waals surface area contributed by atoms with Crippen LogP contribution in [0.3, 0.4) is 0 Å². The summed E-state index contributed by atoms with van der Waals surface area (Å²) in [6.07, 6.45) is -2.85. The first-order valence-corrected chi connectivity index (χ1v) is 6.57. The third kappa shape index (κ3) is 2.59. The lowest BCUT2D eigenvalue weighted by molar-refractivity contribution is -0.169. The highest BCUT2D eigenvalue weighted by atomic mass is 19.4. The van der Waals surface area contributed by atoms with E-state index in [0.29, 0.717) is 11.1 Å². The van der Waals surface area contributed by atoms with E-state index in [1.165, 1.54) is 6.08 Å². The summed E-state index contributed by atoms with van der Waals surface area (Å²) in [7, 11) is 0. The van der Waals surface area contributed by atoms with Crippen LogP contribution in [0.25, 0.3) is 6.08 Å². The minimum atomic E-state index is -4.45. The molecular formula is C17H13F3O. The highest BCUT2D eigenvalue weighted by molar-refractivity contribution is 5.52. The van der Waals surface area contributed by atoms with Gasteiger partial charge < -0.3 is 4.74 Å². The zero-order valence-electron chi connectivity index (χ0n) is 11.0. The van der Waals surface area contributed by atoms with Crippen molar-refractivity contribution in [2.45, 2.75) is 17.9 Å². The molecule has 0 radical (unpaired) electrons. The molecule has 1 saturated heterocycles. The largest absolute Gasteiger partial charge is 0.424 e. The van der Waals surface area contributed by atoms with Gasteiger partial charge in [0, 0.05) is 0 Å². The van der Waals surface area contributed by atoms with Crippen LogP contribution in [-0.2, 0) is 4.74 Å². The molecule has 1 fully saturated rings. The van der Waals surface area contributed by atoms with Crippen molar-refractivity contribution >= 4 is 6.08 Å². The van der Waals surface area contributed by atoms with Gasteiger partial charge in [0.1, 0.15) is 6.10 Å². The Balaban J connectivity index is 1.90. The molecule has 1 aliphatic rings. The smallest absolute Gasteiger partial charge is 0.347 e. The third-order valence-corrected chi connectivity index (χ3v) is 3.51. The summed E-state index contributed by atoms with van der Waals surface area (Å²) in [5.41, 5.74) is -0.972. The van der Waals surface area contributed by atoms with Gasteiger partial charge in [0.15, 0.2) is 0 Å². The summed E-state index contributed by atoms with van der Waals surface area (Å²) in [4.78, 5) is 0. The van der Waals surface area contributed by atoms with Crippen molar-refractivity contribution in [3.8, 4) is 0 Å². The molecule has 108 valence electrons. The van der Waals surface area contributed by atoms with Gasteiger partial charge in [-0.3, -0.25) is 0 Å². The van der Waals surface area contributed by atoms with Crippen LogP contribution >= 0.6 is 0 Å². The summed E-state index contributed by atoms with van der Waals surface area (Å²) >= 11 is 0. The lowest BCUT2D eigenvalue weighted by Crippen LogP contribution is -2.31. The van der Waals surface area contributed by atoms with Crippen LogP contribution in [0.4, 0.5) is 13.2 Å². The van der Waals surface area contributed by atoms with Crippen LogP contribution < -0.4 is 0 Å². The Bertz CT molecular complexity index is 634. The molecule has 21 heavy (non-hydrogen) atoms. The normalized spacial score (nSPS) is 25.2. The fourth-order valence-corrected chi connectivity index (χ4v) is 2.33. The molecule has 2 aromatic rings. The predicted molar refractivity (Wildman–Crippen MR) is 74.5 cm³/mol. The molecule has 1 aliphatic heterocycles. The Morgan fingerprint density at radius 3 is 2.05 bits per heavy atom. The maximum atomic E-state index is 13.4. The maximum Gasteiger partial charge on any atom is 0.424 e. The number of alkyl halides is 3. The van der Waals surface area contributed by atoms with Crippen LogP contribution in [0, 0.1) is 0 Å². The van der Waals surface area contributed by atoms with E-state index < -0.39 is 17.9 Å². The van der Waals surface area contributed by atoms with Gasteiger partial charge in [0.05, 0.1) is 0 Å². The van der Waals surface area contributed by atoms with Crippen LogP contribution in [0.5, 0.6) is 0 Å². The summed E-state index contributed by atoms with van der Waals surface area (Å²) in [6.45, 7) is 0. The Morgan fingerprint density at radius 2 is 1.48 bits per heavy atom. The number of ether oxygens (including phenoxy) is 1. The van der Waals surface area contributed by atoms with Crippen LogP contribution in [0.15, 0.2) is 66.7 Å². The minimum absolute atomic E-state index is 0.535. The minimum Gasteiger partial charge on any atom is -0.347 e. The molecule has 2 aromatic carbocycles. The molecule has 2 atom stereocenters. The van der Waals surface area contributed by atoms with Crippen molar-refractivity contribution < 1.29 is 17.9 Å². The lowest BCUT2D eigenvalue weighted by atomic mass is 9.97. The number of rotatable bonds is 3. The van der Waals surface area contributed by atoms with E-state index in [-0.39, 0.29) is 0 Å². The number of epoxide rings is 1. The van der Waals surface area contributed by atoms with Crippen LogP contribution in [-0.4, -0.2) is 11.8 Å². The Kier molecular flexibility index (Phi) is 3.33. The second-order valence-corrected chi connectivity index (χ2v) is 4.94. The van der Waals surface area contributed by atoms with E-state index in [1.54, 1.807) is 54.6 Å². The molecule has 0 aromatic heterocycles. The second-order valence-electron chi connectivity index (χ2n) is 4.94. The first-order chi connectivity index (χ1) is 10.0. The molecule has 0 bridgehead atoms. The summed E-state index contributed by atoms with van der Waals surface area (Å²) in [5.74, 6) is 0. The summed E-state index contributed by atoms with van der Waals surface area (Å²) in [6, 6.07) is 17.4.